The van der Waals surface area contributed by atoms with Crippen molar-refractivity contribution in [2.75, 3.05) is 23.7 Å². The van der Waals surface area contributed by atoms with Crippen molar-refractivity contribution in [3.8, 4) is 28.5 Å². The number of benzene rings is 2. The van der Waals surface area contributed by atoms with Crippen LogP contribution >= 0.6 is 0 Å². The number of anilines is 2. The van der Waals surface area contributed by atoms with Gasteiger partial charge in [-0.25, -0.2) is 4.98 Å². The fraction of sp³-hybridized carbons (Fsp3) is 0.250. The number of pyridine rings is 1. The number of aryl methyl sites for hydroxylation is 2. The summed E-state index contributed by atoms with van der Waals surface area (Å²) < 4.78 is 0. The molecule has 2 N–H and O–H groups in total. The molecule has 4 nitrogen and oxygen atoms in total. The van der Waals surface area contributed by atoms with E-state index in [0.29, 0.717) is 5.56 Å². The number of hydrogen-bond acceptors (Lipinski definition) is 4. The maximum absolute atomic E-state index is 9.65. The molecule has 0 bridgehead atoms. The van der Waals surface area contributed by atoms with Gasteiger partial charge in [0, 0.05) is 29.9 Å². The normalized spacial score (nSPS) is 10.5. The van der Waals surface area contributed by atoms with E-state index in [0.717, 1.165) is 41.0 Å². The highest BCUT2D eigenvalue weighted by Gasteiger charge is 2.15. The summed E-state index contributed by atoms with van der Waals surface area (Å²) in [6, 6.07) is 18.7. The molecular weight excluding hydrogens is 344 g/mol. The standard InChI is InChI=1S/C24H26N4/c1-5-28(6-2)19-10-8-18(9-11-19)21-14-23(27-24(26)22(21)15-25)20-12-7-16(3)13-17(20)4/h7-14H,5-6H2,1-4H3,(H2,26,27). The highest BCUT2D eigenvalue weighted by Crippen LogP contribution is 2.33. The van der Waals surface area contributed by atoms with Crippen LogP contribution in [0.15, 0.2) is 48.5 Å². The number of nitrogens with two attached hydrogens (primary N) is 1. The van der Waals surface area contributed by atoms with Crippen molar-refractivity contribution in [2.24, 2.45) is 0 Å². The van der Waals surface area contributed by atoms with E-state index < -0.39 is 0 Å². The van der Waals surface area contributed by atoms with E-state index in [2.05, 4.69) is 86.1 Å². The second kappa shape index (κ2) is 8.14. The van der Waals surface area contributed by atoms with Crippen molar-refractivity contribution in [1.29, 1.82) is 5.26 Å². The lowest BCUT2D eigenvalue weighted by atomic mass is 9.96. The van der Waals surface area contributed by atoms with Crippen LogP contribution in [-0.4, -0.2) is 18.1 Å². The van der Waals surface area contributed by atoms with Crippen LogP contribution in [0.3, 0.4) is 0 Å². The highest BCUT2D eigenvalue weighted by atomic mass is 15.1. The van der Waals surface area contributed by atoms with E-state index in [1.807, 2.05) is 6.07 Å². The molecule has 1 heterocycles. The molecule has 2 aromatic carbocycles. The Labute approximate surface area is 167 Å². The quantitative estimate of drug-likeness (QED) is 0.659. The molecule has 1 aromatic heterocycles. The van der Waals surface area contributed by atoms with Crippen LogP contribution in [0.1, 0.15) is 30.5 Å². The second-order valence-corrected chi connectivity index (χ2v) is 6.96. The molecule has 0 radical (unpaired) electrons. The van der Waals surface area contributed by atoms with Gasteiger partial charge in [-0.3, -0.25) is 0 Å². The minimum Gasteiger partial charge on any atom is -0.383 e. The smallest absolute Gasteiger partial charge is 0.142 e. The summed E-state index contributed by atoms with van der Waals surface area (Å²) in [5, 5.41) is 9.65. The molecule has 28 heavy (non-hydrogen) atoms. The molecule has 0 atom stereocenters. The SMILES string of the molecule is CCN(CC)c1ccc(-c2cc(-c3ccc(C)cc3C)nc(N)c2C#N)cc1. The van der Waals surface area contributed by atoms with E-state index in [1.54, 1.807) is 0 Å². The molecule has 0 fully saturated rings. The van der Waals surface area contributed by atoms with Crippen molar-refractivity contribution in [3.05, 3.63) is 65.2 Å². The summed E-state index contributed by atoms with van der Waals surface area (Å²) in [4.78, 5) is 6.80. The average molecular weight is 371 g/mol. The summed E-state index contributed by atoms with van der Waals surface area (Å²) in [6.07, 6.45) is 0. The Morgan fingerprint density at radius 3 is 2.21 bits per heavy atom. The van der Waals surface area contributed by atoms with Crippen molar-refractivity contribution < 1.29 is 0 Å². The van der Waals surface area contributed by atoms with Crippen LogP contribution in [0, 0.1) is 25.2 Å². The van der Waals surface area contributed by atoms with E-state index in [-0.39, 0.29) is 5.82 Å². The van der Waals surface area contributed by atoms with Gasteiger partial charge in [0.15, 0.2) is 0 Å². The number of aromatic nitrogens is 1. The Balaban J connectivity index is 2.12. The van der Waals surface area contributed by atoms with E-state index in [4.69, 9.17) is 5.73 Å². The van der Waals surface area contributed by atoms with Gasteiger partial charge < -0.3 is 10.6 Å². The van der Waals surface area contributed by atoms with Crippen molar-refractivity contribution in [3.63, 3.8) is 0 Å². The summed E-state index contributed by atoms with van der Waals surface area (Å²) in [5.41, 5.74) is 13.7. The monoisotopic (exact) mass is 370 g/mol. The minimum atomic E-state index is 0.266. The molecule has 0 unspecified atom stereocenters. The van der Waals surface area contributed by atoms with Gasteiger partial charge in [0.1, 0.15) is 17.5 Å². The Morgan fingerprint density at radius 1 is 0.964 bits per heavy atom. The zero-order chi connectivity index (χ0) is 20.3. The lowest BCUT2D eigenvalue weighted by Crippen LogP contribution is -2.21. The molecule has 0 aliphatic carbocycles. The van der Waals surface area contributed by atoms with Crippen molar-refractivity contribution in [2.45, 2.75) is 27.7 Å². The number of nitrogens with zero attached hydrogens (tertiary/aromatic N) is 3. The predicted molar refractivity (Wildman–Crippen MR) is 117 cm³/mol. The first-order valence-corrected chi connectivity index (χ1v) is 9.62. The first-order chi connectivity index (χ1) is 13.5. The molecule has 0 amide bonds. The molecule has 142 valence electrons. The molecular formula is C24H26N4. The lowest BCUT2D eigenvalue weighted by molar-refractivity contribution is 0.866. The molecule has 0 saturated heterocycles. The number of hydrogen-bond donors (Lipinski definition) is 1. The van der Waals surface area contributed by atoms with Gasteiger partial charge >= 0.3 is 0 Å². The molecule has 0 spiro atoms. The van der Waals surface area contributed by atoms with Gasteiger partial charge in [0.25, 0.3) is 0 Å². The topological polar surface area (TPSA) is 65.9 Å². The minimum absolute atomic E-state index is 0.266. The number of nitrogen functional groups attached to an aromatic ring is 1. The predicted octanol–water partition coefficient (Wildman–Crippen LogP) is 5.33. The molecule has 4 heteroatoms. The molecule has 0 aliphatic heterocycles. The van der Waals surface area contributed by atoms with Gasteiger partial charge in [-0.1, -0.05) is 35.9 Å². The Kier molecular flexibility index (Phi) is 5.65. The first-order valence-electron chi connectivity index (χ1n) is 9.62. The van der Waals surface area contributed by atoms with Gasteiger partial charge in [-0.15, -0.1) is 0 Å². The summed E-state index contributed by atoms with van der Waals surface area (Å²) in [6.45, 7) is 10.3. The lowest BCUT2D eigenvalue weighted by Gasteiger charge is -2.21. The van der Waals surface area contributed by atoms with E-state index in [9.17, 15) is 5.26 Å². The van der Waals surface area contributed by atoms with Crippen LogP contribution in [0.25, 0.3) is 22.4 Å². The van der Waals surface area contributed by atoms with Crippen molar-refractivity contribution in [1.82, 2.24) is 4.98 Å². The fourth-order valence-corrected chi connectivity index (χ4v) is 3.59. The molecule has 3 rings (SSSR count). The maximum atomic E-state index is 9.65. The Morgan fingerprint density at radius 2 is 1.64 bits per heavy atom. The Bertz CT molecular complexity index is 1030. The third-order valence-electron chi connectivity index (χ3n) is 5.12. The molecule has 0 aliphatic rings. The largest absolute Gasteiger partial charge is 0.383 e. The van der Waals surface area contributed by atoms with Gasteiger partial charge in [-0.05, 0) is 57.0 Å². The summed E-state index contributed by atoms with van der Waals surface area (Å²) >= 11 is 0. The molecule has 3 aromatic rings. The van der Waals surface area contributed by atoms with Crippen LogP contribution < -0.4 is 10.6 Å². The van der Waals surface area contributed by atoms with Crippen LogP contribution in [0.2, 0.25) is 0 Å². The second-order valence-electron chi connectivity index (χ2n) is 6.96. The van der Waals surface area contributed by atoms with Gasteiger partial charge in [0.05, 0.1) is 5.69 Å². The van der Waals surface area contributed by atoms with Crippen molar-refractivity contribution >= 4 is 11.5 Å². The fourth-order valence-electron chi connectivity index (χ4n) is 3.59. The van der Waals surface area contributed by atoms with E-state index >= 15 is 0 Å². The zero-order valence-electron chi connectivity index (χ0n) is 17.0. The van der Waals surface area contributed by atoms with Gasteiger partial charge in [0.2, 0.25) is 0 Å². The Hall–Kier alpha value is -3.32. The van der Waals surface area contributed by atoms with Crippen LogP contribution in [-0.2, 0) is 0 Å². The maximum Gasteiger partial charge on any atom is 0.142 e. The summed E-state index contributed by atoms with van der Waals surface area (Å²) in [5.74, 6) is 0.266. The third kappa shape index (κ3) is 3.70. The number of nitriles is 1. The first kappa shape index (κ1) is 19.4. The highest BCUT2D eigenvalue weighted by molar-refractivity contribution is 5.81. The zero-order valence-corrected chi connectivity index (χ0v) is 17.0. The van der Waals surface area contributed by atoms with E-state index in [1.165, 1.54) is 11.3 Å². The van der Waals surface area contributed by atoms with Crippen LogP contribution in [0.4, 0.5) is 11.5 Å². The third-order valence-corrected chi connectivity index (χ3v) is 5.12. The summed E-state index contributed by atoms with van der Waals surface area (Å²) in [7, 11) is 0. The number of rotatable bonds is 5. The van der Waals surface area contributed by atoms with Crippen LogP contribution in [0.5, 0.6) is 0 Å². The average Bonchev–Trinajstić information content (AvgIpc) is 2.69. The molecule has 0 saturated carbocycles. The van der Waals surface area contributed by atoms with Gasteiger partial charge in [-0.2, -0.15) is 5.26 Å².